The van der Waals surface area contributed by atoms with Crippen molar-refractivity contribution < 1.29 is 18.3 Å². The van der Waals surface area contributed by atoms with E-state index in [2.05, 4.69) is 4.98 Å². The second-order valence-electron chi connectivity index (χ2n) is 3.97. The van der Waals surface area contributed by atoms with Gasteiger partial charge in [0.1, 0.15) is 6.26 Å². The van der Waals surface area contributed by atoms with Crippen LogP contribution < -0.4 is 0 Å². The second kappa shape index (κ2) is 6.74. The highest BCUT2D eigenvalue weighted by atomic mass is 32.1. The lowest BCUT2D eigenvalue weighted by atomic mass is 10.4. The average Bonchev–Trinajstić information content (AvgIpc) is 2.97. The smallest absolute Gasteiger partial charge is 0.251 e. The molecule has 2 heterocycles. The van der Waals surface area contributed by atoms with E-state index in [1.807, 2.05) is 17.5 Å². The number of aliphatic hydroxyl groups is 1. The summed E-state index contributed by atoms with van der Waals surface area (Å²) in [5.74, 6) is 0.492. The van der Waals surface area contributed by atoms with Crippen molar-refractivity contribution in [3.05, 3.63) is 29.5 Å². The SMILES string of the molecule is OCCN(Cc1coc(-c2cccs2)n1)CC(F)F. The molecule has 7 heteroatoms. The average molecular weight is 288 g/mol. The summed E-state index contributed by atoms with van der Waals surface area (Å²) in [5, 5.41) is 10.8. The van der Waals surface area contributed by atoms with E-state index in [9.17, 15) is 8.78 Å². The Kier molecular flexibility index (Phi) is 5.00. The van der Waals surface area contributed by atoms with Crippen LogP contribution in [0.2, 0.25) is 0 Å². The van der Waals surface area contributed by atoms with Gasteiger partial charge in [-0.25, -0.2) is 13.8 Å². The van der Waals surface area contributed by atoms with E-state index in [-0.39, 0.29) is 26.2 Å². The van der Waals surface area contributed by atoms with Crippen molar-refractivity contribution in [1.82, 2.24) is 9.88 Å². The molecule has 0 saturated heterocycles. The molecule has 0 bridgehead atoms. The van der Waals surface area contributed by atoms with Crippen LogP contribution in [0.25, 0.3) is 10.8 Å². The minimum Gasteiger partial charge on any atom is -0.444 e. The Balaban J connectivity index is 2.01. The van der Waals surface area contributed by atoms with Crippen LogP contribution in [0.3, 0.4) is 0 Å². The van der Waals surface area contributed by atoms with Gasteiger partial charge in [-0.1, -0.05) is 6.07 Å². The quantitative estimate of drug-likeness (QED) is 0.850. The lowest BCUT2D eigenvalue weighted by Crippen LogP contribution is -2.31. The van der Waals surface area contributed by atoms with Crippen LogP contribution in [-0.2, 0) is 6.54 Å². The van der Waals surface area contributed by atoms with Gasteiger partial charge in [-0.05, 0) is 11.4 Å². The normalized spacial score (nSPS) is 11.6. The molecular formula is C12H14F2N2O2S. The maximum atomic E-state index is 12.4. The van der Waals surface area contributed by atoms with E-state index in [0.717, 1.165) is 4.88 Å². The Bertz CT molecular complexity index is 488. The Morgan fingerprint density at radius 1 is 1.47 bits per heavy atom. The lowest BCUT2D eigenvalue weighted by Gasteiger charge is -2.18. The molecule has 2 aromatic rings. The fourth-order valence-electron chi connectivity index (χ4n) is 1.69. The van der Waals surface area contributed by atoms with Crippen LogP contribution in [-0.4, -0.2) is 41.1 Å². The third-order valence-corrected chi connectivity index (χ3v) is 3.34. The fraction of sp³-hybridized carbons (Fsp3) is 0.417. The van der Waals surface area contributed by atoms with Crippen molar-refractivity contribution in [3.63, 3.8) is 0 Å². The Morgan fingerprint density at radius 3 is 2.95 bits per heavy atom. The van der Waals surface area contributed by atoms with Gasteiger partial charge in [-0.15, -0.1) is 11.3 Å². The maximum Gasteiger partial charge on any atom is 0.251 e. The predicted octanol–water partition coefficient (Wildman–Crippen LogP) is 2.46. The standard InChI is InChI=1S/C12H14F2N2O2S/c13-11(14)7-16(3-4-17)6-9-8-18-12(15-9)10-2-1-5-19-10/h1-2,5,8,11,17H,3-4,6-7H2. The van der Waals surface area contributed by atoms with Gasteiger partial charge in [0.2, 0.25) is 5.89 Å². The molecule has 0 amide bonds. The molecule has 0 spiro atoms. The molecule has 1 N–H and O–H groups in total. The number of hydrogen-bond donors (Lipinski definition) is 1. The number of oxazole rings is 1. The van der Waals surface area contributed by atoms with Gasteiger partial charge in [0.25, 0.3) is 6.43 Å². The molecule has 0 unspecified atom stereocenters. The summed E-state index contributed by atoms with van der Waals surface area (Å²) >= 11 is 1.50. The van der Waals surface area contributed by atoms with E-state index < -0.39 is 6.43 Å². The summed E-state index contributed by atoms with van der Waals surface area (Å²) in [6, 6.07) is 3.77. The molecule has 0 aliphatic heterocycles. The molecule has 104 valence electrons. The topological polar surface area (TPSA) is 49.5 Å². The first kappa shape index (κ1) is 14.1. The molecule has 0 fully saturated rings. The van der Waals surface area contributed by atoms with Crippen molar-refractivity contribution in [2.24, 2.45) is 0 Å². The van der Waals surface area contributed by atoms with E-state index in [1.165, 1.54) is 22.5 Å². The van der Waals surface area contributed by atoms with Crippen molar-refractivity contribution in [2.75, 3.05) is 19.7 Å². The van der Waals surface area contributed by atoms with Crippen molar-refractivity contribution in [2.45, 2.75) is 13.0 Å². The summed E-state index contributed by atoms with van der Waals surface area (Å²) in [6.07, 6.45) is -0.972. The second-order valence-corrected chi connectivity index (χ2v) is 4.92. The summed E-state index contributed by atoms with van der Waals surface area (Å²) in [7, 11) is 0. The molecule has 19 heavy (non-hydrogen) atoms. The van der Waals surface area contributed by atoms with E-state index in [1.54, 1.807) is 0 Å². The van der Waals surface area contributed by atoms with Gasteiger partial charge in [0.15, 0.2) is 0 Å². The van der Waals surface area contributed by atoms with E-state index in [0.29, 0.717) is 11.6 Å². The van der Waals surface area contributed by atoms with Crippen LogP contribution in [0.1, 0.15) is 5.69 Å². The monoisotopic (exact) mass is 288 g/mol. The van der Waals surface area contributed by atoms with Crippen LogP contribution in [0, 0.1) is 0 Å². The molecule has 2 aromatic heterocycles. The minimum atomic E-state index is -2.43. The third-order valence-electron chi connectivity index (χ3n) is 2.48. The first-order valence-electron chi connectivity index (χ1n) is 5.78. The molecule has 4 nitrogen and oxygen atoms in total. The van der Waals surface area contributed by atoms with Gasteiger partial charge in [-0.3, -0.25) is 4.90 Å². The highest BCUT2D eigenvalue weighted by Gasteiger charge is 2.15. The lowest BCUT2D eigenvalue weighted by molar-refractivity contribution is 0.0740. The maximum absolute atomic E-state index is 12.4. The number of rotatable bonds is 7. The summed E-state index contributed by atoms with van der Waals surface area (Å²) in [5.41, 5.74) is 0.581. The van der Waals surface area contributed by atoms with Gasteiger partial charge in [0, 0.05) is 13.1 Å². The van der Waals surface area contributed by atoms with Crippen LogP contribution in [0.5, 0.6) is 0 Å². The zero-order valence-corrected chi connectivity index (χ0v) is 10.9. The summed E-state index contributed by atoms with van der Waals surface area (Å²) < 4.78 is 30.1. The van der Waals surface area contributed by atoms with E-state index >= 15 is 0 Å². The molecule has 0 saturated carbocycles. The number of aliphatic hydroxyl groups excluding tert-OH is 1. The summed E-state index contributed by atoms with van der Waals surface area (Å²) in [6.45, 7) is -0.130. The Hall–Kier alpha value is -1.31. The molecular weight excluding hydrogens is 274 g/mol. The fourth-order valence-corrected chi connectivity index (χ4v) is 2.35. The van der Waals surface area contributed by atoms with Crippen molar-refractivity contribution in [1.29, 1.82) is 0 Å². The number of halogens is 2. The number of nitrogens with zero attached hydrogens (tertiary/aromatic N) is 2. The van der Waals surface area contributed by atoms with Gasteiger partial charge in [-0.2, -0.15) is 0 Å². The minimum absolute atomic E-state index is 0.164. The van der Waals surface area contributed by atoms with Gasteiger partial charge < -0.3 is 9.52 Å². The van der Waals surface area contributed by atoms with E-state index in [4.69, 9.17) is 9.52 Å². The zero-order valence-electron chi connectivity index (χ0n) is 10.1. The van der Waals surface area contributed by atoms with Crippen molar-refractivity contribution in [3.8, 4) is 10.8 Å². The molecule has 0 aliphatic rings. The first-order valence-corrected chi connectivity index (χ1v) is 6.66. The van der Waals surface area contributed by atoms with Gasteiger partial charge >= 0.3 is 0 Å². The van der Waals surface area contributed by atoms with Crippen LogP contribution >= 0.6 is 11.3 Å². The Labute approximate surface area is 113 Å². The molecule has 0 aromatic carbocycles. The number of aromatic nitrogens is 1. The molecule has 0 radical (unpaired) electrons. The molecule has 2 rings (SSSR count). The van der Waals surface area contributed by atoms with Crippen LogP contribution in [0.15, 0.2) is 28.2 Å². The largest absolute Gasteiger partial charge is 0.444 e. The highest BCUT2D eigenvalue weighted by Crippen LogP contribution is 2.24. The van der Waals surface area contributed by atoms with Crippen molar-refractivity contribution >= 4 is 11.3 Å². The first-order chi connectivity index (χ1) is 9.19. The summed E-state index contributed by atoms with van der Waals surface area (Å²) in [4.78, 5) is 6.60. The van der Waals surface area contributed by atoms with Gasteiger partial charge in [0.05, 0.1) is 23.7 Å². The third kappa shape index (κ3) is 4.09. The highest BCUT2D eigenvalue weighted by molar-refractivity contribution is 7.13. The number of alkyl halides is 2. The number of thiophene rings is 1. The zero-order chi connectivity index (χ0) is 13.7. The van der Waals surface area contributed by atoms with Crippen LogP contribution in [0.4, 0.5) is 8.78 Å². The molecule has 0 aliphatic carbocycles. The molecule has 0 atom stereocenters. The predicted molar refractivity (Wildman–Crippen MR) is 68.2 cm³/mol. The Morgan fingerprint density at radius 2 is 2.32 bits per heavy atom. The number of hydrogen-bond acceptors (Lipinski definition) is 5.